The van der Waals surface area contributed by atoms with E-state index in [1.54, 1.807) is 6.07 Å². The van der Waals surface area contributed by atoms with Gasteiger partial charge in [-0.2, -0.15) is 0 Å². The molecule has 2 unspecified atom stereocenters. The Hall–Kier alpha value is -0.930. The Labute approximate surface area is 103 Å². The summed E-state index contributed by atoms with van der Waals surface area (Å²) in [6.45, 7) is 7.12. The van der Waals surface area contributed by atoms with Gasteiger partial charge in [-0.05, 0) is 55.0 Å². The van der Waals surface area contributed by atoms with E-state index in [0.717, 1.165) is 11.1 Å². The number of hydrogen-bond acceptors (Lipinski definition) is 2. The first-order chi connectivity index (χ1) is 8.01. The third-order valence-corrected chi connectivity index (χ3v) is 3.78. The summed E-state index contributed by atoms with van der Waals surface area (Å²) in [7, 11) is 0. The minimum atomic E-state index is -0.128. The third-order valence-electron chi connectivity index (χ3n) is 3.78. The summed E-state index contributed by atoms with van der Waals surface area (Å²) in [4.78, 5) is 0. The maximum atomic E-state index is 13.9. The Balaban J connectivity index is 2.91. The third kappa shape index (κ3) is 3.27. The van der Waals surface area contributed by atoms with Crippen LogP contribution in [0.2, 0.25) is 0 Å². The van der Waals surface area contributed by atoms with Gasteiger partial charge in [-0.1, -0.05) is 26.0 Å². The summed E-state index contributed by atoms with van der Waals surface area (Å²) in [6.07, 6.45) is 0. The molecule has 0 radical (unpaired) electrons. The maximum Gasteiger partial charge on any atom is 0.126 e. The topological polar surface area (TPSA) is 52.0 Å². The summed E-state index contributed by atoms with van der Waals surface area (Å²) in [6, 6.07) is 5.40. The maximum absolute atomic E-state index is 13.9. The molecule has 0 amide bonds. The van der Waals surface area contributed by atoms with Crippen molar-refractivity contribution < 1.29 is 4.39 Å². The monoisotopic (exact) mass is 238 g/mol. The molecular weight excluding hydrogens is 215 g/mol. The van der Waals surface area contributed by atoms with Gasteiger partial charge in [0.05, 0.1) is 0 Å². The van der Waals surface area contributed by atoms with Crippen molar-refractivity contribution in [2.75, 3.05) is 13.1 Å². The minimum absolute atomic E-state index is 0.128. The first-order valence-electron chi connectivity index (χ1n) is 6.17. The summed E-state index contributed by atoms with van der Waals surface area (Å²) < 4.78 is 13.9. The van der Waals surface area contributed by atoms with Crippen LogP contribution in [-0.2, 0) is 0 Å². The van der Waals surface area contributed by atoms with Crippen LogP contribution in [0.15, 0.2) is 18.2 Å². The van der Waals surface area contributed by atoms with E-state index in [-0.39, 0.29) is 23.6 Å². The molecule has 3 heteroatoms. The van der Waals surface area contributed by atoms with Crippen molar-refractivity contribution in [3.8, 4) is 0 Å². The second kappa shape index (κ2) is 6.12. The number of hydrogen-bond donors (Lipinski definition) is 2. The molecule has 2 atom stereocenters. The molecule has 2 nitrogen and oxygen atoms in total. The molecule has 0 saturated carbocycles. The largest absolute Gasteiger partial charge is 0.330 e. The van der Waals surface area contributed by atoms with Gasteiger partial charge in [-0.15, -0.1) is 0 Å². The van der Waals surface area contributed by atoms with Gasteiger partial charge in [0.2, 0.25) is 0 Å². The molecule has 0 aliphatic carbocycles. The lowest BCUT2D eigenvalue weighted by molar-refractivity contribution is 0.323. The predicted molar refractivity (Wildman–Crippen MR) is 70.3 cm³/mol. The second-order valence-corrected chi connectivity index (χ2v) is 4.90. The van der Waals surface area contributed by atoms with Crippen molar-refractivity contribution in [2.24, 2.45) is 23.3 Å². The van der Waals surface area contributed by atoms with Crippen LogP contribution in [-0.4, -0.2) is 13.1 Å². The Morgan fingerprint density at radius 1 is 1.18 bits per heavy atom. The number of nitrogens with two attached hydrogens (primary N) is 2. The first-order valence-corrected chi connectivity index (χ1v) is 6.17. The van der Waals surface area contributed by atoms with Gasteiger partial charge in [-0.25, -0.2) is 4.39 Å². The van der Waals surface area contributed by atoms with E-state index < -0.39 is 0 Å². The van der Waals surface area contributed by atoms with E-state index >= 15 is 0 Å². The molecule has 0 aliphatic rings. The van der Waals surface area contributed by atoms with E-state index in [0.29, 0.717) is 13.1 Å². The lowest BCUT2D eigenvalue weighted by atomic mass is 9.80. The van der Waals surface area contributed by atoms with Gasteiger partial charge in [0.25, 0.3) is 0 Å². The zero-order chi connectivity index (χ0) is 13.0. The summed E-state index contributed by atoms with van der Waals surface area (Å²) in [5.41, 5.74) is 13.1. The van der Waals surface area contributed by atoms with Crippen LogP contribution in [0, 0.1) is 24.6 Å². The Bertz CT molecular complexity index is 361. The van der Waals surface area contributed by atoms with E-state index in [1.165, 1.54) is 0 Å². The standard InChI is InChI=1S/C14H23FN2/c1-9-4-5-13(14(15)6-9)11(3)10(2)12(7-16)8-17/h4-6,10-12H,7-8,16-17H2,1-3H3. The molecule has 0 heterocycles. The van der Waals surface area contributed by atoms with Crippen LogP contribution in [0.3, 0.4) is 0 Å². The minimum Gasteiger partial charge on any atom is -0.330 e. The molecule has 0 aromatic heterocycles. The van der Waals surface area contributed by atoms with Crippen LogP contribution >= 0.6 is 0 Å². The van der Waals surface area contributed by atoms with Gasteiger partial charge in [0.1, 0.15) is 5.82 Å². The van der Waals surface area contributed by atoms with Gasteiger partial charge in [-0.3, -0.25) is 0 Å². The van der Waals surface area contributed by atoms with Crippen molar-refractivity contribution in [1.82, 2.24) is 0 Å². The normalized spacial score (nSPS) is 15.0. The first kappa shape index (κ1) is 14.1. The van der Waals surface area contributed by atoms with Crippen LogP contribution in [0.1, 0.15) is 30.9 Å². The van der Waals surface area contributed by atoms with Gasteiger partial charge in [0, 0.05) is 0 Å². The fourth-order valence-corrected chi connectivity index (χ4v) is 2.22. The summed E-state index contributed by atoms with van der Waals surface area (Å²) >= 11 is 0. The van der Waals surface area contributed by atoms with E-state index in [1.807, 2.05) is 26.0 Å². The summed E-state index contributed by atoms with van der Waals surface area (Å²) in [5, 5.41) is 0. The zero-order valence-electron chi connectivity index (χ0n) is 10.9. The molecular formula is C14H23FN2. The molecule has 0 fully saturated rings. The lowest BCUT2D eigenvalue weighted by Gasteiger charge is -2.27. The van der Waals surface area contributed by atoms with Gasteiger partial charge >= 0.3 is 0 Å². The fraction of sp³-hybridized carbons (Fsp3) is 0.571. The van der Waals surface area contributed by atoms with Crippen LogP contribution in [0.25, 0.3) is 0 Å². The predicted octanol–water partition coefficient (Wildman–Crippen LogP) is 2.41. The zero-order valence-corrected chi connectivity index (χ0v) is 10.9. The highest BCUT2D eigenvalue weighted by molar-refractivity contribution is 5.26. The molecule has 1 aromatic carbocycles. The lowest BCUT2D eigenvalue weighted by Crippen LogP contribution is -2.31. The smallest absolute Gasteiger partial charge is 0.126 e. The molecule has 0 aliphatic heterocycles. The van der Waals surface area contributed by atoms with Crippen molar-refractivity contribution in [1.29, 1.82) is 0 Å². The van der Waals surface area contributed by atoms with Crippen molar-refractivity contribution in [2.45, 2.75) is 26.7 Å². The van der Waals surface area contributed by atoms with Gasteiger partial charge < -0.3 is 11.5 Å². The number of benzene rings is 1. The van der Waals surface area contributed by atoms with Gasteiger partial charge in [0.15, 0.2) is 0 Å². The van der Waals surface area contributed by atoms with Crippen molar-refractivity contribution in [3.05, 3.63) is 35.1 Å². The molecule has 4 N–H and O–H groups in total. The van der Waals surface area contributed by atoms with E-state index in [9.17, 15) is 4.39 Å². The Morgan fingerprint density at radius 2 is 1.76 bits per heavy atom. The highest BCUT2D eigenvalue weighted by Crippen LogP contribution is 2.30. The Morgan fingerprint density at radius 3 is 2.24 bits per heavy atom. The molecule has 0 bridgehead atoms. The molecule has 0 saturated heterocycles. The van der Waals surface area contributed by atoms with Crippen molar-refractivity contribution in [3.63, 3.8) is 0 Å². The quantitative estimate of drug-likeness (QED) is 0.827. The van der Waals surface area contributed by atoms with Crippen LogP contribution in [0.4, 0.5) is 4.39 Å². The average molecular weight is 238 g/mol. The molecule has 1 rings (SSSR count). The second-order valence-electron chi connectivity index (χ2n) is 4.90. The average Bonchev–Trinajstić information content (AvgIpc) is 2.29. The SMILES string of the molecule is Cc1ccc(C(C)C(C)C(CN)CN)c(F)c1. The summed E-state index contributed by atoms with van der Waals surface area (Å²) in [5.74, 6) is 0.526. The fourth-order valence-electron chi connectivity index (χ4n) is 2.22. The molecule has 0 spiro atoms. The number of aryl methyl sites for hydroxylation is 1. The van der Waals surface area contributed by atoms with Crippen LogP contribution in [0.5, 0.6) is 0 Å². The van der Waals surface area contributed by atoms with Crippen LogP contribution < -0.4 is 11.5 Å². The number of halogens is 1. The highest BCUT2D eigenvalue weighted by Gasteiger charge is 2.23. The van der Waals surface area contributed by atoms with Crippen molar-refractivity contribution >= 4 is 0 Å². The van der Waals surface area contributed by atoms with E-state index in [4.69, 9.17) is 11.5 Å². The highest BCUT2D eigenvalue weighted by atomic mass is 19.1. The Kier molecular flexibility index (Phi) is 5.09. The molecule has 17 heavy (non-hydrogen) atoms. The van der Waals surface area contributed by atoms with E-state index in [2.05, 4.69) is 6.92 Å². The molecule has 96 valence electrons. The molecule has 1 aromatic rings. The number of rotatable bonds is 5.